The largest absolute Gasteiger partial charge is 0.378 e. The van der Waals surface area contributed by atoms with Gasteiger partial charge in [-0.2, -0.15) is 5.10 Å². The van der Waals surface area contributed by atoms with Crippen molar-refractivity contribution in [3.05, 3.63) is 46.2 Å². The predicted molar refractivity (Wildman–Crippen MR) is 84.5 cm³/mol. The highest BCUT2D eigenvalue weighted by molar-refractivity contribution is 9.10. The van der Waals surface area contributed by atoms with Crippen LogP contribution in [-0.2, 0) is 0 Å². The first kappa shape index (κ1) is 14.8. The molecule has 2 rings (SSSR count). The van der Waals surface area contributed by atoms with Crippen molar-refractivity contribution in [3.63, 3.8) is 0 Å². The van der Waals surface area contributed by atoms with Crippen LogP contribution in [0.5, 0.6) is 0 Å². The van der Waals surface area contributed by atoms with Crippen LogP contribution in [0, 0.1) is 0 Å². The number of hydrogen-bond acceptors (Lipinski definition) is 3. The van der Waals surface area contributed by atoms with E-state index in [0.717, 1.165) is 10.2 Å². The fraction of sp³-hybridized carbons (Fsp3) is 0.333. The van der Waals surface area contributed by atoms with Crippen molar-refractivity contribution in [2.24, 2.45) is 0 Å². The van der Waals surface area contributed by atoms with Crippen molar-refractivity contribution in [3.8, 4) is 0 Å². The van der Waals surface area contributed by atoms with E-state index in [2.05, 4.69) is 21.0 Å². The third kappa shape index (κ3) is 2.77. The molecule has 0 bridgehead atoms. The summed E-state index contributed by atoms with van der Waals surface area (Å²) in [4.78, 5) is 14.7. The second-order valence-corrected chi connectivity index (χ2v) is 6.01. The highest BCUT2D eigenvalue weighted by Gasteiger charge is 2.20. The Morgan fingerprint density at radius 1 is 1.35 bits per heavy atom. The predicted octanol–water partition coefficient (Wildman–Crippen LogP) is 3.52. The van der Waals surface area contributed by atoms with Crippen LogP contribution in [-0.4, -0.2) is 29.7 Å². The van der Waals surface area contributed by atoms with E-state index in [-0.39, 0.29) is 11.8 Å². The lowest BCUT2D eigenvalue weighted by Gasteiger charge is -2.14. The van der Waals surface area contributed by atoms with E-state index in [9.17, 15) is 4.79 Å². The van der Waals surface area contributed by atoms with Gasteiger partial charge >= 0.3 is 0 Å². The van der Waals surface area contributed by atoms with Crippen molar-refractivity contribution in [1.29, 1.82) is 0 Å². The lowest BCUT2D eigenvalue weighted by molar-refractivity contribution is 0.102. The molecule has 106 valence electrons. The van der Waals surface area contributed by atoms with Gasteiger partial charge in [0.05, 0.1) is 10.7 Å². The van der Waals surface area contributed by atoms with Crippen LogP contribution >= 0.6 is 15.9 Å². The summed E-state index contributed by atoms with van der Waals surface area (Å²) in [6.45, 7) is 4.01. The molecular formula is C15H18BrN3O. The quantitative estimate of drug-likeness (QED) is 0.802. The lowest BCUT2D eigenvalue weighted by atomic mass is 10.1. The molecule has 0 spiro atoms. The van der Waals surface area contributed by atoms with Gasteiger partial charge in [-0.25, -0.2) is 0 Å². The molecule has 1 aromatic carbocycles. The fourth-order valence-electron chi connectivity index (χ4n) is 2.01. The van der Waals surface area contributed by atoms with Gasteiger partial charge in [0.2, 0.25) is 5.78 Å². The number of aromatic nitrogens is 2. The number of hydrogen-bond donors (Lipinski definition) is 0. The number of rotatable bonds is 4. The van der Waals surface area contributed by atoms with Crippen molar-refractivity contribution >= 4 is 27.4 Å². The molecule has 0 atom stereocenters. The lowest BCUT2D eigenvalue weighted by Crippen LogP contribution is -2.15. The Bertz CT molecular complexity index is 632. The maximum Gasteiger partial charge on any atom is 0.212 e. The molecule has 20 heavy (non-hydrogen) atoms. The second-order valence-electron chi connectivity index (χ2n) is 5.15. The van der Waals surface area contributed by atoms with Crippen molar-refractivity contribution in [1.82, 2.24) is 9.78 Å². The zero-order chi connectivity index (χ0) is 14.9. The summed E-state index contributed by atoms with van der Waals surface area (Å²) in [5, 5.41) is 4.26. The monoisotopic (exact) mass is 335 g/mol. The number of carbonyl (C=O) groups is 1. The minimum Gasteiger partial charge on any atom is -0.378 e. The highest BCUT2D eigenvalue weighted by Crippen LogP contribution is 2.24. The normalized spacial score (nSPS) is 10.9. The Morgan fingerprint density at radius 2 is 2.05 bits per heavy atom. The van der Waals surface area contributed by atoms with E-state index < -0.39 is 0 Å². The molecule has 1 aromatic heterocycles. The average Bonchev–Trinajstić information content (AvgIpc) is 2.80. The standard InChI is InChI=1S/C15H18BrN3O/c1-10(2)19-14(13(16)9-17-19)15(20)11-6-5-7-12(8-11)18(3)4/h5-10H,1-4H3. The summed E-state index contributed by atoms with van der Waals surface area (Å²) in [6, 6.07) is 7.74. The molecule has 0 aliphatic rings. The van der Waals surface area contributed by atoms with Crippen LogP contribution in [0.15, 0.2) is 34.9 Å². The van der Waals surface area contributed by atoms with E-state index >= 15 is 0 Å². The maximum atomic E-state index is 12.7. The molecule has 0 radical (unpaired) electrons. The van der Waals surface area contributed by atoms with E-state index in [4.69, 9.17) is 0 Å². The Kier molecular flexibility index (Phi) is 4.28. The third-order valence-electron chi connectivity index (χ3n) is 3.08. The average molecular weight is 336 g/mol. The first-order valence-corrected chi connectivity index (χ1v) is 7.26. The van der Waals surface area contributed by atoms with E-state index in [0.29, 0.717) is 11.3 Å². The van der Waals surface area contributed by atoms with Gasteiger partial charge in [-0.15, -0.1) is 0 Å². The molecule has 0 saturated heterocycles. The number of nitrogens with zero attached hydrogens (tertiary/aromatic N) is 3. The van der Waals surface area contributed by atoms with Gasteiger partial charge in [0.1, 0.15) is 5.69 Å². The van der Waals surface area contributed by atoms with Crippen LogP contribution in [0.4, 0.5) is 5.69 Å². The smallest absolute Gasteiger partial charge is 0.212 e. The summed E-state index contributed by atoms with van der Waals surface area (Å²) >= 11 is 3.42. The Morgan fingerprint density at radius 3 is 2.65 bits per heavy atom. The molecule has 0 saturated carbocycles. The number of carbonyl (C=O) groups excluding carboxylic acids is 1. The minimum atomic E-state index is -0.0215. The topological polar surface area (TPSA) is 38.1 Å². The molecule has 5 heteroatoms. The minimum absolute atomic E-state index is 0.0215. The molecular weight excluding hydrogens is 318 g/mol. The Balaban J connectivity index is 2.46. The fourth-order valence-corrected chi connectivity index (χ4v) is 2.46. The van der Waals surface area contributed by atoms with Gasteiger partial charge < -0.3 is 4.90 Å². The summed E-state index contributed by atoms with van der Waals surface area (Å²) < 4.78 is 2.47. The number of anilines is 1. The van der Waals surface area contributed by atoms with Gasteiger partial charge in [0.15, 0.2) is 0 Å². The molecule has 4 nitrogen and oxygen atoms in total. The zero-order valence-electron chi connectivity index (χ0n) is 12.1. The van der Waals surface area contributed by atoms with Crippen molar-refractivity contribution < 1.29 is 4.79 Å². The van der Waals surface area contributed by atoms with E-state index in [1.807, 2.05) is 57.1 Å². The van der Waals surface area contributed by atoms with Gasteiger partial charge in [-0.05, 0) is 41.9 Å². The van der Waals surface area contributed by atoms with Crippen LogP contribution in [0.3, 0.4) is 0 Å². The maximum absolute atomic E-state index is 12.7. The van der Waals surface area contributed by atoms with E-state index in [1.54, 1.807) is 10.9 Å². The second kappa shape index (κ2) is 5.79. The van der Waals surface area contributed by atoms with Gasteiger partial charge in [-0.1, -0.05) is 12.1 Å². The summed E-state index contributed by atoms with van der Waals surface area (Å²) in [5.74, 6) is -0.0215. The van der Waals surface area contributed by atoms with Crippen LogP contribution in [0.2, 0.25) is 0 Å². The molecule has 1 heterocycles. The van der Waals surface area contributed by atoms with Gasteiger partial charge in [0.25, 0.3) is 0 Å². The number of ketones is 1. The number of halogens is 1. The summed E-state index contributed by atoms with van der Waals surface area (Å²) in [6.07, 6.45) is 1.67. The van der Waals surface area contributed by atoms with Gasteiger partial charge in [0, 0.05) is 31.4 Å². The Labute approximate surface area is 127 Å². The van der Waals surface area contributed by atoms with Crippen LogP contribution in [0.25, 0.3) is 0 Å². The SMILES string of the molecule is CC(C)n1ncc(Br)c1C(=O)c1cccc(N(C)C)c1. The third-order valence-corrected chi connectivity index (χ3v) is 3.66. The van der Waals surface area contributed by atoms with E-state index in [1.165, 1.54) is 0 Å². The molecule has 0 fully saturated rings. The molecule has 0 amide bonds. The molecule has 0 aliphatic carbocycles. The molecule has 0 unspecified atom stereocenters. The van der Waals surface area contributed by atoms with Crippen molar-refractivity contribution in [2.75, 3.05) is 19.0 Å². The van der Waals surface area contributed by atoms with Crippen LogP contribution < -0.4 is 4.90 Å². The first-order chi connectivity index (χ1) is 9.41. The zero-order valence-corrected chi connectivity index (χ0v) is 13.7. The molecule has 2 aromatic rings. The Hall–Kier alpha value is -1.62. The van der Waals surface area contributed by atoms with Crippen molar-refractivity contribution in [2.45, 2.75) is 19.9 Å². The highest BCUT2D eigenvalue weighted by atomic mass is 79.9. The molecule has 0 N–H and O–H groups in total. The summed E-state index contributed by atoms with van der Waals surface area (Å²) in [7, 11) is 3.91. The molecule has 0 aliphatic heterocycles. The first-order valence-electron chi connectivity index (χ1n) is 6.47. The van der Waals surface area contributed by atoms with Crippen LogP contribution in [0.1, 0.15) is 35.9 Å². The number of benzene rings is 1. The van der Waals surface area contributed by atoms with Gasteiger partial charge in [-0.3, -0.25) is 9.48 Å². The summed E-state index contributed by atoms with van der Waals surface area (Å²) in [5.41, 5.74) is 2.26.